The second-order valence-electron chi connectivity index (χ2n) is 15.1. The highest BCUT2D eigenvalue weighted by molar-refractivity contribution is 7.85. The van der Waals surface area contributed by atoms with Crippen LogP contribution in [0.4, 0.5) is 33.4 Å². The predicted molar refractivity (Wildman–Crippen MR) is 231 cm³/mol. The lowest BCUT2D eigenvalue weighted by molar-refractivity contribution is 0.0946. The summed E-state index contributed by atoms with van der Waals surface area (Å²) in [7, 11) is 2.42. The van der Waals surface area contributed by atoms with Crippen molar-refractivity contribution in [3.63, 3.8) is 0 Å². The van der Waals surface area contributed by atoms with E-state index in [1.807, 2.05) is 48.5 Å². The molecule has 1 fully saturated rings. The molecular weight excluding hydrogens is 741 g/mol. The van der Waals surface area contributed by atoms with Gasteiger partial charge in [0.25, 0.3) is 5.91 Å². The van der Waals surface area contributed by atoms with Crippen LogP contribution >= 0.6 is 0 Å². The van der Waals surface area contributed by atoms with Crippen LogP contribution in [-0.2, 0) is 16.4 Å². The Hall–Kier alpha value is -5.70. The number of hydrogen-bond donors (Lipinski definition) is 5. The van der Waals surface area contributed by atoms with Gasteiger partial charge in [-0.2, -0.15) is 0 Å². The van der Waals surface area contributed by atoms with Gasteiger partial charge in [0.1, 0.15) is 34.1 Å². The third kappa shape index (κ3) is 11.2. The van der Waals surface area contributed by atoms with E-state index in [1.54, 1.807) is 56.0 Å². The highest BCUT2D eigenvalue weighted by Gasteiger charge is 2.19. The molecule has 14 heteroatoms. The molecule has 0 saturated carbocycles. The maximum absolute atomic E-state index is 13.3. The minimum atomic E-state index is -1.27. The minimum Gasteiger partial charge on any atom is -0.496 e. The standard InChI is InChI=1S/C43H52N8O5S/c1-43(2,3)29-24-31(26-32(25-29)49-57(6)54)47-42(53)48-37-14-15-38(35-11-8-7-10-34(35)37)56-33-16-18-44-40(28-33)46-30-12-13-36(39(27-30)55-5)41(52)45-17-9-19-51-22-20-50(4)21-23-51/h7-8,10-16,18,24-28,49H,9,17,19-23H2,1-6H3,(H,44,46)(H,45,52)(H2,47,48,53). The molecule has 1 aliphatic rings. The van der Waals surface area contributed by atoms with Gasteiger partial charge < -0.3 is 45.3 Å². The number of urea groups is 1. The van der Waals surface area contributed by atoms with E-state index >= 15 is 0 Å². The van der Waals surface area contributed by atoms with Crippen molar-refractivity contribution in [1.82, 2.24) is 20.1 Å². The summed E-state index contributed by atoms with van der Waals surface area (Å²) in [4.78, 5) is 35.6. The largest absolute Gasteiger partial charge is 0.496 e. The molecule has 1 unspecified atom stereocenters. The maximum Gasteiger partial charge on any atom is 0.323 e. The number of benzene rings is 4. The number of rotatable bonds is 14. The zero-order valence-electron chi connectivity index (χ0n) is 33.4. The molecule has 1 atom stereocenters. The van der Waals surface area contributed by atoms with Gasteiger partial charge in [-0.1, -0.05) is 45.0 Å². The molecule has 0 aliphatic carbocycles. The fraction of sp³-hybridized carbons (Fsp3) is 0.326. The molecule has 5 N–H and O–H groups in total. The molecule has 1 aromatic heterocycles. The average Bonchev–Trinajstić information content (AvgIpc) is 3.17. The number of piperazine rings is 1. The smallest absolute Gasteiger partial charge is 0.323 e. The van der Waals surface area contributed by atoms with Gasteiger partial charge in [-0.3, -0.25) is 4.79 Å². The zero-order chi connectivity index (χ0) is 40.5. The lowest BCUT2D eigenvalue weighted by Gasteiger charge is -2.32. The summed E-state index contributed by atoms with van der Waals surface area (Å²) in [6.45, 7) is 12.0. The Balaban J connectivity index is 1.10. The molecule has 13 nitrogen and oxygen atoms in total. The number of carbonyl (C=O) groups is 2. The fourth-order valence-corrected chi connectivity index (χ4v) is 7.01. The number of pyridine rings is 1. The van der Waals surface area contributed by atoms with Crippen LogP contribution in [0.3, 0.4) is 0 Å². The maximum atomic E-state index is 13.3. The molecule has 0 spiro atoms. The SMILES string of the molecule is COc1cc(Nc2cc(Oc3ccc(NC(=O)Nc4cc(NS(C)=O)cc(C(C)(C)C)c4)c4ccccc34)ccn2)ccc1C(=O)NCCCN1CCN(C)CC1. The fourth-order valence-electron chi connectivity index (χ4n) is 6.56. The number of likely N-dealkylation sites (N-methyl/N-ethyl adjacent to an activating group) is 1. The van der Waals surface area contributed by atoms with Crippen LogP contribution in [0, 0.1) is 0 Å². The summed E-state index contributed by atoms with van der Waals surface area (Å²) < 4.78 is 26.8. The van der Waals surface area contributed by atoms with Gasteiger partial charge in [0.15, 0.2) is 0 Å². The van der Waals surface area contributed by atoms with Crippen molar-refractivity contribution >= 4 is 62.3 Å². The van der Waals surface area contributed by atoms with Gasteiger partial charge in [0, 0.05) is 85.1 Å². The number of hydrogen-bond acceptors (Lipinski definition) is 9. The Morgan fingerprint density at radius 2 is 1.60 bits per heavy atom. The van der Waals surface area contributed by atoms with Gasteiger partial charge in [-0.05, 0) is 79.5 Å². The number of carbonyl (C=O) groups excluding carboxylic acids is 2. The first kappa shape index (κ1) is 40.9. The number of aromatic nitrogens is 1. The number of methoxy groups -OCH3 is 1. The molecule has 2 heterocycles. The van der Waals surface area contributed by atoms with Crippen LogP contribution in [0.15, 0.2) is 91.1 Å². The van der Waals surface area contributed by atoms with E-state index in [4.69, 9.17) is 9.47 Å². The second-order valence-corrected chi connectivity index (χ2v) is 16.2. The molecule has 1 aliphatic heterocycles. The van der Waals surface area contributed by atoms with Crippen molar-refractivity contribution in [2.24, 2.45) is 0 Å². The first-order valence-electron chi connectivity index (χ1n) is 19.0. The van der Waals surface area contributed by atoms with E-state index in [1.165, 1.54) is 0 Å². The third-order valence-electron chi connectivity index (χ3n) is 9.66. The average molecular weight is 793 g/mol. The van der Waals surface area contributed by atoms with Crippen LogP contribution in [0.25, 0.3) is 10.8 Å². The Morgan fingerprint density at radius 1 is 0.842 bits per heavy atom. The van der Waals surface area contributed by atoms with Crippen molar-refractivity contribution in [3.05, 3.63) is 102 Å². The number of ether oxygens (including phenoxy) is 2. The van der Waals surface area contributed by atoms with Gasteiger partial charge in [-0.15, -0.1) is 0 Å². The van der Waals surface area contributed by atoms with Crippen LogP contribution in [0.5, 0.6) is 17.2 Å². The molecule has 5 aromatic rings. The van der Waals surface area contributed by atoms with Crippen molar-refractivity contribution in [3.8, 4) is 17.2 Å². The van der Waals surface area contributed by atoms with Crippen molar-refractivity contribution in [2.75, 3.05) is 80.4 Å². The molecule has 57 heavy (non-hydrogen) atoms. The summed E-state index contributed by atoms with van der Waals surface area (Å²) in [5.74, 6) is 1.95. The van der Waals surface area contributed by atoms with Gasteiger partial charge >= 0.3 is 6.03 Å². The molecule has 6 rings (SSSR count). The monoisotopic (exact) mass is 792 g/mol. The van der Waals surface area contributed by atoms with E-state index < -0.39 is 17.0 Å². The summed E-state index contributed by atoms with van der Waals surface area (Å²) in [6.07, 6.45) is 4.09. The van der Waals surface area contributed by atoms with Gasteiger partial charge in [-0.25, -0.2) is 14.0 Å². The number of anilines is 5. The lowest BCUT2D eigenvalue weighted by Crippen LogP contribution is -2.45. The lowest BCUT2D eigenvalue weighted by atomic mass is 9.86. The quantitative estimate of drug-likeness (QED) is 0.0711. The van der Waals surface area contributed by atoms with Crippen molar-refractivity contribution < 1.29 is 23.3 Å². The topological polar surface area (TPSA) is 149 Å². The van der Waals surface area contributed by atoms with E-state index in [0.29, 0.717) is 57.9 Å². The molecular formula is C43H52N8O5S. The van der Waals surface area contributed by atoms with E-state index in [0.717, 1.165) is 55.5 Å². The molecule has 3 amide bonds. The van der Waals surface area contributed by atoms with E-state index in [2.05, 4.69) is 68.6 Å². The molecule has 300 valence electrons. The van der Waals surface area contributed by atoms with E-state index in [9.17, 15) is 13.8 Å². The Morgan fingerprint density at radius 3 is 2.33 bits per heavy atom. The second kappa shape index (κ2) is 18.5. The molecule has 0 bridgehead atoms. The zero-order valence-corrected chi connectivity index (χ0v) is 34.2. The summed E-state index contributed by atoms with van der Waals surface area (Å²) >= 11 is 0. The first-order valence-corrected chi connectivity index (χ1v) is 20.5. The molecule has 1 saturated heterocycles. The van der Waals surface area contributed by atoms with Crippen molar-refractivity contribution in [2.45, 2.75) is 32.6 Å². The third-order valence-corrected chi connectivity index (χ3v) is 10.2. The van der Waals surface area contributed by atoms with E-state index in [-0.39, 0.29) is 11.3 Å². The summed E-state index contributed by atoms with van der Waals surface area (Å²) in [5.41, 5.74) is 3.77. The normalized spacial score (nSPS) is 14.1. The van der Waals surface area contributed by atoms with Crippen LogP contribution in [0.1, 0.15) is 43.1 Å². The van der Waals surface area contributed by atoms with Crippen molar-refractivity contribution in [1.29, 1.82) is 0 Å². The Bertz CT molecular complexity index is 2240. The molecule has 4 aromatic carbocycles. The van der Waals surface area contributed by atoms with Gasteiger partial charge in [0.2, 0.25) is 0 Å². The minimum absolute atomic E-state index is 0.177. The number of nitrogens with one attached hydrogen (secondary N) is 5. The molecule has 0 radical (unpaired) electrons. The first-order chi connectivity index (χ1) is 27.3. The van der Waals surface area contributed by atoms with Crippen LogP contribution in [0.2, 0.25) is 0 Å². The number of amides is 3. The van der Waals surface area contributed by atoms with Gasteiger partial charge in [0.05, 0.1) is 18.4 Å². The van der Waals surface area contributed by atoms with Crippen LogP contribution in [-0.4, -0.2) is 90.6 Å². The Labute approximate surface area is 337 Å². The predicted octanol–water partition coefficient (Wildman–Crippen LogP) is 7.79. The summed E-state index contributed by atoms with van der Waals surface area (Å²) in [6, 6.07) is 25.3. The summed E-state index contributed by atoms with van der Waals surface area (Å²) in [5, 5.41) is 13.8. The Kier molecular flexibility index (Phi) is 13.3. The highest BCUT2D eigenvalue weighted by Crippen LogP contribution is 2.36. The highest BCUT2D eigenvalue weighted by atomic mass is 32.2. The van der Waals surface area contributed by atoms with Crippen LogP contribution < -0.4 is 35.5 Å². The number of fused-ring (bicyclic) bond motifs is 1. The number of nitrogens with zero attached hydrogens (tertiary/aromatic N) is 3.